The average molecular weight is 377 g/mol. The third-order valence-corrected chi connectivity index (χ3v) is 4.66. The molecule has 4 rings (SSSR count). The molecule has 0 aliphatic carbocycles. The number of hydrogen-bond acceptors (Lipinski definition) is 5. The SMILES string of the molecule is CC(=O)Nc1ccc(-c2csc3nc(NC(=O)c4ccccc4)nn23)cc1. The van der Waals surface area contributed by atoms with Crippen LogP contribution >= 0.6 is 11.3 Å². The molecule has 0 unspecified atom stereocenters. The number of carbonyl (C=O) groups excluding carboxylic acids is 2. The predicted octanol–water partition coefficient (Wildman–Crippen LogP) is 3.67. The van der Waals surface area contributed by atoms with Gasteiger partial charge in [-0.15, -0.1) is 16.4 Å². The van der Waals surface area contributed by atoms with E-state index < -0.39 is 0 Å². The van der Waals surface area contributed by atoms with Crippen LogP contribution in [0, 0.1) is 0 Å². The van der Waals surface area contributed by atoms with Crippen molar-refractivity contribution in [1.29, 1.82) is 0 Å². The van der Waals surface area contributed by atoms with Gasteiger partial charge in [-0.25, -0.2) is 4.52 Å². The van der Waals surface area contributed by atoms with Crippen molar-refractivity contribution in [2.45, 2.75) is 6.92 Å². The molecule has 8 heteroatoms. The molecule has 0 bridgehead atoms. The van der Waals surface area contributed by atoms with Crippen molar-refractivity contribution in [3.8, 4) is 11.3 Å². The zero-order valence-electron chi connectivity index (χ0n) is 14.3. The van der Waals surface area contributed by atoms with Crippen LogP contribution in [0.3, 0.4) is 0 Å². The van der Waals surface area contributed by atoms with E-state index in [2.05, 4.69) is 20.7 Å². The van der Waals surface area contributed by atoms with Crippen LogP contribution in [0.25, 0.3) is 16.2 Å². The largest absolute Gasteiger partial charge is 0.326 e. The number of rotatable bonds is 4. The van der Waals surface area contributed by atoms with Gasteiger partial charge in [0.1, 0.15) is 0 Å². The van der Waals surface area contributed by atoms with Gasteiger partial charge in [0, 0.05) is 29.1 Å². The molecule has 2 N–H and O–H groups in total. The lowest BCUT2D eigenvalue weighted by Gasteiger charge is -2.03. The zero-order valence-corrected chi connectivity index (χ0v) is 15.2. The lowest BCUT2D eigenvalue weighted by atomic mass is 10.1. The first kappa shape index (κ1) is 16.9. The van der Waals surface area contributed by atoms with Crippen molar-refractivity contribution < 1.29 is 9.59 Å². The predicted molar refractivity (Wildman–Crippen MR) is 105 cm³/mol. The molecule has 0 saturated carbocycles. The summed E-state index contributed by atoms with van der Waals surface area (Å²) in [4.78, 5) is 28.4. The molecule has 2 aromatic heterocycles. The maximum Gasteiger partial charge on any atom is 0.258 e. The molecule has 0 aliphatic rings. The highest BCUT2D eigenvalue weighted by Gasteiger charge is 2.14. The fourth-order valence-corrected chi connectivity index (χ4v) is 3.45. The van der Waals surface area contributed by atoms with Gasteiger partial charge in [0.15, 0.2) is 0 Å². The number of hydrogen-bond donors (Lipinski definition) is 2. The van der Waals surface area contributed by atoms with E-state index in [1.807, 2.05) is 35.7 Å². The van der Waals surface area contributed by atoms with E-state index in [1.165, 1.54) is 18.3 Å². The summed E-state index contributed by atoms with van der Waals surface area (Å²) in [5.74, 6) is -0.113. The number of nitrogens with zero attached hydrogens (tertiary/aromatic N) is 3. The van der Waals surface area contributed by atoms with E-state index in [0.29, 0.717) is 10.5 Å². The Balaban J connectivity index is 1.59. The summed E-state index contributed by atoms with van der Waals surface area (Å²) in [5.41, 5.74) is 3.06. The van der Waals surface area contributed by atoms with E-state index in [9.17, 15) is 9.59 Å². The minimum absolute atomic E-state index is 0.115. The van der Waals surface area contributed by atoms with Crippen LogP contribution in [0.15, 0.2) is 60.0 Å². The number of anilines is 2. The van der Waals surface area contributed by atoms with Crippen molar-refractivity contribution in [2.24, 2.45) is 0 Å². The van der Waals surface area contributed by atoms with Gasteiger partial charge in [-0.2, -0.15) is 4.98 Å². The fourth-order valence-electron chi connectivity index (χ4n) is 2.62. The smallest absolute Gasteiger partial charge is 0.258 e. The first-order valence-electron chi connectivity index (χ1n) is 8.19. The van der Waals surface area contributed by atoms with Gasteiger partial charge in [0.2, 0.25) is 10.9 Å². The first-order valence-corrected chi connectivity index (χ1v) is 9.07. The molecule has 4 aromatic rings. The molecule has 2 aromatic carbocycles. The molecule has 2 heterocycles. The minimum Gasteiger partial charge on any atom is -0.326 e. The molecule has 134 valence electrons. The number of fused-ring (bicyclic) bond motifs is 1. The minimum atomic E-state index is -0.255. The molecule has 0 saturated heterocycles. The number of carbonyl (C=O) groups is 2. The molecule has 0 atom stereocenters. The van der Waals surface area contributed by atoms with E-state index in [-0.39, 0.29) is 17.8 Å². The molecule has 7 nitrogen and oxygen atoms in total. The van der Waals surface area contributed by atoms with Gasteiger partial charge >= 0.3 is 0 Å². The summed E-state index contributed by atoms with van der Waals surface area (Å²) in [6.45, 7) is 1.47. The Morgan fingerprint density at radius 1 is 1.00 bits per heavy atom. The molecule has 0 radical (unpaired) electrons. The molecular formula is C19H15N5O2S. The van der Waals surface area contributed by atoms with Gasteiger partial charge < -0.3 is 5.32 Å². The Labute approximate surface area is 158 Å². The standard InChI is InChI=1S/C19H15N5O2S/c1-12(25)20-15-9-7-13(8-10-15)16-11-27-19-22-18(23-24(16)19)21-17(26)14-5-3-2-4-6-14/h2-11H,1H3,(H,20,25)(H,21,23,26). The second-order valence-electron chi connectivity index (χ2n) is 5.83. The molecule has 2 amide bonds. The van der Waals surface area contributed by atoms with Crippen LogP contribution in [0.5, 0.6) is 0 Å². The molecule has 0 spiro atoms. The number of nitrogens with one attached hydrogen (secondary N) is 2. The van der Waals surface area contributed by atoms with Crippen molar-refractivity contribution >= 4 is 39.7 Å². The fraction of sp³-hybridized carbons (Fsp3) is 0.0526. The topological polar surface area (TPSA) is 88.4 Å². The first-order chi connectivity index (χ1) is 13.1. The summed E-state index contributed by atoms with van der Waals surface area (Å²) in [5, 5.41) is 11.8. The van der Waals surface area contributed by atoms with Gasteiger partial charge in [-0.1, -0.05) is 30.3 Å². The van der Waals surface area contributed by atoms with Gasteiger partial charge in [-0.3, -0.25) is 14.9 Å². The zero-order chi connectivity index (χ0) is 18.8. The Bertz CT molecular complexity index is 1120. The lowest BCUT2D eigenvalue weighted by molar-refractivity contribution is -0.114. The van der Waals surface area contributed by atoms with Gasteiger partial charge in [0.25, 0.3) is 11.9 Å². The number of amides is 2. The third-order valence-electron chi connectivity index (χ3n) is 3.84. The summed E-state index contributed by atoms with van der Waals surface area (Å²) in [6, 6.07) is 16.4. The Hall–Kier alpha value is -3.52. The summed E-state index contributed by atoms with van der Waals surface area (Å²) in [7, 11) is 0. The van der Waals surface area contributed by atoms with E-state index in [1.54, 1.807) is 28.8 Å². The van der Waals surface area contributed by atoms with Crippen molar-refractivity contribution in [2.75, 3.05) is 10.6 Å². The molecule has 27 heavy (non-hydrogen) atoms. The van der Waals surface area contributed by atoms with E-state index in [0.717, 1.165) is 16.9 Å². The van der Waals surface area contributed by atoms with Gasteiger partial charge in [0.05, 0.1) is 5.69 Å². The highest BCUT2D eigenvalue weighted by Crippen LogP contribution is 2.27. The van der Waals surface area contributed by atoms with Crippen LogP contribution in [-0.2, 0) is 4.79 Å². The van der Waals surface area contributed by atoms with Crippen LogP contribution in [0.1, 0.15) is 17.3 Å². The van der Waals surface area contributed by atoms with Crippen LogP contribution in [-0.4, -0.2) is 26.4 Å². The summed E-state index contributed by atoms with van der Waals surface area (Å²) < 4.78 is 1.69. The Morgan fingerprint density at radius 2 is 1.74 bits per heavy atom. The summed E-state index contributed by atoms with van der Waals surface area (Å²) in [6.07, 6.45) is 0. The maximum absolute atomic E-state index is 12.3. The third kappa shape index (κ3) is 3.56. The highest BCUT2D eigenvalue weighted by atomic mass is 32.1. The van der Waals surface area contributed by atoms with Crippen LogP contribution < -0.4 is 10.6 Å². The van der Waals surface area contributed by atoms with E-state index in [4.69, 9.17) is 0 Å². The monoisotopic (exact) mass is 377 g/mol. The second-order valence-corrected chi connectivity index (χ2v) is 6.67. The number of aromatic nitrogens is 3. The number of benzene rings is 2. The van der Waals surface area contributed by atoms with Crippen molar-refractivity contribution in [3.63, 3.8) is 0 Å². The molecule has 0 fully saturated rings. The Morgan fingerprint density at radius 3 is 2.44 bits per heavy atom. The van der Waals surface area contributed by atoms with Crippen molar-refractivity contribution in [1.82, 2.24) is 14.6 Å². The van der Waals surface area contributed by atoms with E-state index >= 15 is 0 Å². The average Bonchev–Trinajstić information content (AvgIpc) is 3.23. The van der Waals surface area contributed by atoms with Crippen LogP contribution in [0.4, 0.5) is 11.6 Å². The quantitative estimate of drug-likeness (QED) is 0.568. The van der Waals surface area contributed by atoms with Gasteiger partial charge in [-0.05, 0) is 24.3 Å². The Kier molecular flexibility index (Phi) is 4.39. The molecule has 0 aliphatic heterocycles. The second kappa shape index (κ2) is 7.00. The highest BCUT2D eigenvalue weighted by molar-refractivity contribution is 7.15. The van der Waals surface area contributed by atoms with Crippen LogP contribution in [0.2, 0.25) is 0 Å². The summed E-state index contributed by atoms with van der Waals surface area (Å²) >= 11 is 1.44. The normalized spacial score (nSPS) is 10.7. The lowest BCUT2D eigenvalue weighted by Crippen LogP contribution is -2.12. The maximum atomic E-state index is 12.3. The number of thiazole rings is 1. The molecular weight excluding hydrogens is 362 g/mol. The van der Waals surface area contributed by atoms with Crippen molar-refractivity contribution in [3.05, 3.63) is 65.5 Å².